The van der Waals surface area contributed by atoms with Crippen LogP contribution in [0.3, 0.4) is 0 Å². The van der Waals surface area contributed by atoms with Crippen molar-refractivity contribution in [1.82, 2.24) is 5.32 Å². The molecule has 1 aliphatic heterocycles. The number of hydrogen-bond acceptors (Lipinski definition) is 2. The largest absolute Gasteiger partial charge is 0.508 e. The van der Waals surface area contributed by atoms with Crippen molar-refractivity contribution in [3.05, 3.63) is 42.0 Å². The summed E-state index contributed by atoms with van der Waals surface area (Å²) in [7, 11) is 0. The van der Waals surface area contributed by atoms with Crippen LogP contribution in [0.25, 0.3) is 10.8 Å². The molecule has 0 unspecified atom stereocenters. The molecule has 2 aromatic rings. The monoisotopic (exact) mass is 249 g/mol. The molecule has 0 bridgehead atoms. The number of rotatable bonds is 1. The first-order valence-corrected chi connectivity index (χ1v) is 5.79. The molecule has 0 spiro atoms. The summed E-state index contributed by atoms with van der Waals surface area (Å²) in [4.78, 5) is 0. The maximum atomic E-state index is 9.40. The maximum Gasteiger partial charge on any atom is 0.116 e. The lowest BCUT2D eigenvalue weighted by atomic mass is 10.0. The number of hydrogen-bond donors (Lipinski definition) is 2. The second-order valence-electron chi connectivity index (χ2n) is 4.44. The molecule has 17 heavy (non-hydrogen) atoms. The number of halogens is 1. The van der Waals surface area contributed by atoms with Gasteiger partial charge in [0.15, 0.2) is 0 Å². The molecule has 1 fully saturated rings. The Kier molecular flexibility index (Phi) is 3.55. The van der Waals surface area contributed by atoms with E-state index < -0.39 is 0 Å². The summed E-state index contributed by atoms with van der Waals surface area (Å²) in [6.07, 6.45) is 2.49. The van der Waals surface area contributed by atoms with E-state index in [2.05, 4.69) is 23.5 Å². The van der Waals surface area contributed by atoms with Gasteiger partial charge in [0.05, 0.1) is 0 Å². The van der Waals surface area contributed by atoms with Crippen LogP contribution in [0.5, 0.6) is 5.75 Å². The van der Waals surface area contributed by atoms with Crippen molar-refractivity contribution in [2.24, 2.45) is 0 Å². The van der Waals surface area contributed by atoms with E-state index in [-0.39, 0.29) is 12.4 Å². The van der Waals surface area contributed by atoms with Crippen LogP contribution in [0.1, 0.15) is 24.4 Å². The van der Waals surface area contributed by atoms with Crippen LogP contribution >= 0.6 is 12.4 Å². The van der Waals surface area contributed by atoms with Gasteiger partial charge in [-0.25, -0.2) is 0 Å². The van der Waals surface area contributed by atoms with Gasteiger partial charge in [-0.2, -0.15) is 0 Å². The zero-order valence-corrected chi connectivity index (χ0v) is 10.3. The zero-order chi connectivity index (χ0) is 11.0. The smallest absolute Gasteiger partial charge is 0.116 e. The molecule has 3 heteroatoms. The second-order valence-corrected chi connectivity index (χ2v) is 4.44. The fourth-order valence-electron chi connectivity index (χ4n) is 2.44. The van der Waals surface area contributed by atoms with Crippen molar-refractivity contribution in [3.63, 3.8) is 0 Å². The predicted octanol–water partition coefficient (Wildman–Crippen LogP) is 3.39. The van der Waals surface area contributed by atoms with E-state index in [1.807, 2.05) is 6.07 Å². The Morgan fingerprint density at radius 3 is 2.59 bits per heavy atom. The highest BCUT2D eigenvalue weighted by molar-refractivity contribution is 5.85. The van der Waals surface area contributed by atoms with E-state index in [4.69, 9.17) is 0 Å². The van der Waals surface area contributed by atoms with Crippen molar-refractivity contribution in [3.8, 4) is 5.75 Å². The summed E-state index contributed by atoms with van der Waals surface area (Å²) in [5.41, 5.74) is 1.36. The SMILES string of the molecule is Cl.Oc1ccc2cc([C@@H]3CCCN3)ccc2c1. The van der Waals surface area contributed by atoms with Gasteiger partial charge in [-0.3, -0.25) is 0 Å². The molecule has 0 saturated carbocycles. The first-order chi connectivity index (χ1) is 7.83. The molecular formula is C14H16ClNO. The van der Waals surface area contributed by atoms with Crippen LogP contribution in [0.2, 0.25) is 0 Å². The maximum absolute atomic E-state index is 9.40. The Balaban J connectivity index is 0.00000108. The highest BCUT2D eigenvalue weighted by atomic mass is 35.5. The molecule has 0 amide bonds. The van der Waals surface area contributed by atoms with Gasteiger partial charge in [0, 0.05) is 6.04 Å². The summed E-state index contributed by atoms with van der Waals surface area (Å²) < 4.78 is 0. The number of benzene rings is 2. The summed E-state index contributed by atoms with van der Waals surface area (Å²) >= 11 is 0. The normalized spacial score (nSPS) is 19.2. The van der Waals surface area contributed by atoms with Gasteiger partial charge in [0.1, 0.15) is 5.75 Å². The van der Waals surface area contributed by atoms with Crippen molar-refractivity contribution in [2.75, 3.05) is 6.54 Å². The molecule has 0 aliphatic carbocycles. The quantitative estimate of drug-likeness (QED) is 0.812. The third-order valence-corrected chi connectivity index (χ3v) is 3.31. The van der Waals surface area contributed by atoms with Crippen LogP contribution in [0.15, 0.2) is 36.4 Å². The van der Waals surface area contributed by atoms with E-state index in [1.54, 1.807) is 12.1 Å². The predicted molar refractivity (Wildman–Crippen MR) is 72.8 cm³/mol. The molecule has 1 heterocycles. The van der Waals surface area contributed by atoms with Crippen LogP contribution in [0.4, 0.5) is 0 Å². The summed E-state index contributed by atoms with van der Waals surface area (Å²) in [5, 5.41) is 15.2. The molecule has 1 saturated heterocycles. The first kappa shape index (κ1) is 12.2. The van der Waals surface area contributed by atoms with Crippen LogP contribution in [0, 0.1) is 0 Å². The minimum Gasteiger partial charge on any atom is -0.508 e. The molecule has 0 aromatic heterocycles. The van der Waals surface area contributed by atoms with Gasteiger partial charge in [-0.1, -0.05) is 18.2 Å². The van der Waals surface area contributed by atoms with Gasteiger partial charge in [-0.15, -0.1) is 12.4 Å². The minimum atomic E-state index is 0. The second kappa shape index (κ2) is 4.94. The fourth-order valence-corrected chi connectivity index (χ4v) is 2.44. The molecule has 3 rings (SSSR count). The van der Waals surface area contributed by atoms with E-state index in [0.717, 1.165) is 11.9 Å². The van der Waals surface area contributed by atoms with E-state index in [0.29, 0.717) is 11.8 Å². The van der Waals surface area contributed by atoms with Crippen LogP contribution < -0.4 is 5.32 Å². The van der Waals surface area contributed by atoms with Crippen molar-refractivity contribution in [2.45, 2.75) is 18.9 Å². The number of phenolic OH excluding ortho intramolecular Hbond substituents is 1. The number of aromatic hydroxyl groups is 1. The highest BCUT2D eigenvalue weighted by Crippen LogP contribution is 2.27. The number of fused-ring (bicyclic) bond motifs is 1. The van der Waals surface area contributed by atoms with Gasteiger partial charge in [0.2, 0.25) is 0 Å². The Morgan fingerprint density at radius 2 is 1.82 bits per heavy atom. The Labute approximate surface area is 107 Å². The van der Waals surface area contributed by atoms with Gasteiger partial charge in [0.25, 0.3) is 0 Å². The molecule has 2 aromatic carbocycles. The lowest BCUT2D eigenvalue weighted by molar-refractivity contribution is 0.476. The Morgan fingerprint density at radius 1 is 1.06 bits per heavy atom. The standard InChI is InChI=1S/C14H15NO.ClH/c16-13-6-5-10-8-12(4-3-11(10)9-13)14-2-1-7-15-14;/h3-6,8-9,14-16H,1-2,7H2;1H/t14-;/m0./s1. The van der Waals surface area contributed by atoms with Gasteiger partial charge < -0.3 is 10.4 Å². The van der Waals surface area contributed by atoms with E-state index in [1.165, 1.54) is 23.8 Å². The van der Waals surface area contributed by atoms with Crippen molar-refractivity contribution < 1.29 is 5.11 Å². The third kappa shape index (κ3) is 2.38. The molecule has 2 N–H and O–H groups in total. The average Bonchev–Trinajstić information content (AvgIpc) is 2.82. The molecule has 90 valence electrons. The molecule has 1 atom stereocenters. The summed E-state index contributed by atoms with van der Waals surface area (Å²) in [6, 6.07) is 12.5. The summed E-state index contributed by atoms with van der Waals surface area (Å²) in [6.45, 7) is 1.12. The molecule has 1 aliphatic rings. The molecule has 0 radical (unpaired) electrons. The van der Waals surface area contributed by atoms with Gasteiger partial charge in [-0.05, 0) is 53.9 Å². The summed E-state index contributed by atoms with van der Waals surface area (Å²) in [5.74, 6) is 0.333. The fraction of sp³-hybridized carbons (Fsp3) is 0.286. The highest BCUT2D eigenvalue weighted by Gasteiger charge is 2.15. The Bertz CT molecular complexity index is 521. The number of phenols is 1. The van der Waals surface area contributed by atoms with Gasteiger partial charge >= 0.3 is 0 Å². The lowest BCUT2D eigenvalue weighted by Crippen LogP contribution is -2.12. The molecule has 2 nitrogen and oxygen atoms in total. The lowest BCUT2D eigenvalue weighted by Gasteiger charge is -2.11. The Hall–Kier alpha value is -1.25. The first-order valence-electron chi connectivity index (χ1n) is 5.79. The van der Waals surface area contributed by atoms with Crippen LogP contribution in [-0.2, 0) is 0 Å². The van der Waals surface area contributed by atoms with Crippen molar-refractivity contribution >= 4 is 23.2 Å². The molecular weight excluding hydrogens is 234 g/mol. The number of nitrogens with one attached hydrogen (secondary N) is 1. The topological polar surface area (TPSA) is 32.3 Å². The van der Waals surface area contributed by atoms with E-state index in [9.17, 15) is 5.11 Å². The van der Waals surface area contributed by atoms with E-state index >= 15 is 0 Å². The van der Waals surface area contributed by atoms with Crippen LogP contribution in [-0.4, -0.2) is 11.7 Å². The zero-order valence-electron chi connectivity index (χ0n) is 9.52. The minimum absolute atomic E-state index is 0. The average molecular weight is 250 g/mol. The third-order valence-electron chi connectivity index (χ3n) is 3.31. The van der Waals surface area contributed by atoms with Crippen molar-refractivity contribution in [1.29, 1.82) is 0 Å².